The quantitative estimate of drug-likeness (QED) is 0.246. The molecule has 4 aromatic rings. The first-order chi connectivity index (χ1) is 18.6. The Balaban J connectivity index is 1.48. The zero-order valence-electron chi connectivity index (χ0n) is 22.4. The number of rotatable bonds is 11. The van der Waals surface area contributed by atoms with E-state index < -0.39 is 5.97 Å². The molecule has 3 aromatic carbocycles. The van der Waals surface area contributed by atoms with Crippen LogP contribution in [0.25, 0.3) is 22.2 Å². The Morgan fingerprint density at radius 2 is 1.71 bits per heavy atom. The zero-order chi connectivity index (χ0) is 26.5. The molecule has 5 rings (SSSR count). The average Bonchev–Trinajstić information content (AvgIpc) is 3.55. The number of carboxylic acid groups (broad SMARTS) is 1. The molecule has 0 spiro atoms. The van der Waals surface area contributed by atoms with Crippen LogP contribution in [0.2, 0.25) is 0 Å². The van der Waals surface area contributed by atoms with Crippen molar-refractivity contribution >= 4 is 22.8 Å². The molecule has 0 unspecified atom stereocenters. The van der Waals surface area contributed by atoms with Gasteiger partial charge in [0, 0.05) is 31.6 Å². The Hall–Kier alpha value is -3.93. The zero-order valence-corrected chi connectivity index (χ0v) is 22.4. The summed E-state index contributed by atoms with van der Waals surface area (Å²) in [6, 6.07) is 22.0. The summed E-state index contributed by atoms with van der Waals surface area (Å²) in [4.78, 5) is 24.0. The SMILES string of the molecule is CCCCc1nc2ccc(C3=NCCN3CCCC)cc2n1Cc1ccc(-c2ccccc2C(=O)O)cc1. The third-order valence-corrected chi connectivity index (χ3v) is 7.32. The largest absolute Gasteiger partial charge is 0.478 e. The summed E-state index contributed by atoms with van der Waals surface area (Å²) in [6.07, 6.45) is 5.51. The van der Waals surface area contributed by atoms with Gasteiger partial charge in [-0.2, -0.15) is 0 Å². The van der Waals surface area contributed by atoms with Crippen LogP contribution in [0, 0.1) is 0 Å². The van der Waals surface area contributed by atoms with Crippen molar-refractivity contribution in [2.75, 3.05) is 19.6 Å². The number of nitrogens with zero attached hydrogens (tertiary/aromatic N) is 4. The number of aromatic carboxylic acids is 1. The van der Waals surface area contributed by atoms with E-state index in [1.807, 2.05) is 24.3 Å². The lowest BCUT2D eigenvalue weighted by atomic mass is 9.99. The van der Waals surface area contributed by atoms with Gasteiger partial charge in [-0.1, -0.05) is 69.2 Å². The topological polar surface area (TPSA) is 70.7 Å². The fourth-order valence-electron chi connectivity index (χ4n) is 5.23. The molecule has 6 heteroatoms. The molecule has 1 aromatic heterocycles. The van der Waals surface area contributed by atoms with Crippen LogP contribution >= 0.6 is 0 Å². The molecule has 0 amide bonds. The predicted molar refractivity (Wildman–Crippen MR) is 154 cm³/mol. The van der Waals surface area contributed by atoms with Crippen molar-refractivity contribution in [3.63, 3.8) is 0 Å². The van der Waals surface area contributed by atoms with Crippen molar-refractivity contribution < 1.29 is 9.90 Å². The summed E-state index contributed by atoms with van der Waals surface area (Å²) in [5.41, 5.74) is 6.43. The molecule has 2 heterocycles. The molecular formula is C32H36N4O2. The highest BCUT2D eigenvalue weighted by atomic mass is 16.4. The van der Waals surface area contributed by atoms with E-state index >= 15 is 0 Å². The molecule has 1 aliphatic heterocycles. The molecule has 0 atom stereocenters. The Kier molecular flexibility index (Phi) is 7.87. The van der Waals surface area contributed by atoms with E-state index in [9.17, 15) is 9.90 Å². The number of hydrogen-bond acceptors (Lipinski definition) is 4. The summed E-state index contributed by atoms with van der Waals surface area (Å²) < 4.78 is 2.35. The third-order valence-electron chi connectivity index (χ3n) is 7.32. The van der Waals surface area contributed by atoms with Gasteiger partial charge in [0.1, 0.15) is 11.7 Å². The highest BCUT2D eigenvalue weighted by molar-refractivity contribution is 6.02. The van der Waals surface area contributed by atoms with E-state index in [1.54, 1.807) is 12.1 Å². The molecule has 0 aliphatic carbocycles. The molecular weight excluding hydrogens is 472 g/mol. The van der Waals surface area contributed by atoms with Crippen LogP contribution in [0.15, 0.2) is 71.7 Å². The second kappa shape index (κ2) is 11.6. The number of carbonyl (C=O) groups is 1. The van der Waals surface area contributed by atoms with Gasteiger partial charge in [-0.3, -0.25) is 4.99 Å². The summed E-state index contributed by atoms with van der Waals surface area (Å²) >= 11 is 0. The van der Waals surface area contributed by atoms with Crippen molar-refractivity contribution in [2.24, 2.45) is 4.99 Å². The Morgan fingerprint density at radius 3 is 2.47 bits per heavy atom. The van der Waals surface area contributed by atoms with Crippen LogP contribution in [0.1, 0.15) is 66.8 Å². The number of aliphatic imine (C=N–C) groups is 1. The highest BCUT2D eigenvalue weighted by Gasteiger charge is 2.20. The van der Waals surface area contributed by atoms with E-state index in [0.717, 1.165) is 83.8 Å². The van der Waals surface area contributed by atoms with Crippen molar-refractivity contribution in [1.29, 1.82) is 0 Å². The summed E-state index contributed by atoms with van der Waals surface area (Å²) in [6.45, 7) is 8.05. The summed E-state index contributed by atoms with van der Waals surface area (Å²) in [5, 5.41) is 9.59. The summed E-state index contributed by atoms with van der Waals surface area (Å²) in [7, 11) is 0. The maximum Gasteiger partial charge on any atom is 0.336 e. The van der Waals surface area contributed by atoms with Gasteiger partial charge in [0.2, 0.25) is 0 Å². The van der Waals surface area contributed by atoms with E-state index in [0.29, 0.717) is 12.1 Å². The molecule has 0 bridgehead atoms. The average molecular weight is 509 g/mol. The first-order valence-corrected chi connectivity index (χ1v) is 13.8. The first-order valence-electron chi connectivity index (χ1n) is 13.8. The predicted octanol–water partition coefficient (Wildman–Crippen LogP) is 6.65. The Labute approximate surface area is 224 Å². The number of amidine groups is 1. The lowest BCUT2D eigenvalue weighted by Crippen LogP contribution is -2.29. The number of benzene rings is 3. The second-order valence-electron chi connectivity index (χ2n) is 10.0. The molecule has 6 nitrogen and oxygen atoms in total. The minimum atomic E-state index is -0.911. The van der Waals surface area contributed by atoms with E-state index in [-0.39, 0.29) is 0 Å². The van der Waals surface area contributed by atoms with Crippen LogP contribution in [-0.4, -0.2) is 51.0 Å². The molecule has 0 saturated heterocycles. The monoisotopic (exact) mass is 508 g/mol. The number of unbranched alkanes of at least 4 members (excludes halogenated alkanes) is 2. The van der Waals surface area contributed by atoms with Gasteiger partial charge in [-0.25, -0.2) is 9.78 Å². The van der Waals surface area contributed by atoms with E-state index in [2.05, 4.69) is 53.6 Å². The summed E-state index contributed by atoms with van der Waals surface area (Å²) in [5.74, 6) is 1.30. The number of aryl methyl sites for hydroxylation is 1. The molecule has 1 aliphatic rings. The smallest absolute Gasteiger partial charge is 0.336 e. The number of imidazole rings is 1. The Morgan fingerprint density at radius 1 is 0.947 bits per heavy atom. The maximum atomic E-state index is 11.7. The van der Waals surface area contributed by atoms with Gasteiger partial charge in [-0.15, -0.1) is 0 Å². The van der Waals surface area contributed by atoms with Gasteiger partial charge in [-0.05, 0) is 53.8 Å². The fourth-order valence-corrected chi connectivity index (χ4v) is 5.23. The number of hydrogen-bond donors (Lipinski definition) is 1. The van der Waals surface area contributed by atoms with Crippen molar-refractivity contribution in [1.82, 2.24) is 14.5 Å². The van der Waals surface area contributed by atoms with Crippen molar-refractivity contribution in [3.05, 3.63) is 89.2 Å². The first kappa shape index (κ1) is 25.7. The van der Waals surface area contributed by atoms with E-state index in [1.165, 1.54) is 12.8 Å². The maximum absolute atomic E-state index is 11.7. The van der Waals surface area contributed by atoms with Gasteiger partial charge < -0.3 is 14.6 Å². The second-order valence-corrected chi connectivity index (χ2v) is 10.0. The van der Waals surface area contributed by atoms with Gasteiger partial charge in [0.25, 0.3) is 0 Å². The van der Waals surface area contributed by atoms with Crippen LogP contribution in [0.3, 0.4) is 0 Å². The minimum absolute atomic E-state index is 0.318. The lowest BCUT2D eigenvalue weighted by molar-refractivity contribution is 0.0697. The molecule has 0 radical (unpaired) electrons. The normalized spacial score (nSPS) is 13.3. The third kappa shape index (κ3) is 5.35. The van der Waals surface area contributed by atoms with Crippen LogP contribution < -0.4 is 0 Å². The molecule has 0 fully saturated rings. The van der Waals surface area contributed by atoms with Gasteiger partial charge in [0.15, 0.2) is 0 Å². The molecule has 196 valence electrons. The van der Waals surface area contributed by atoms with Crippen molar-refractivity contribution in [2.45, 2.75) is 52.5 Å². The van der Waals surface area contributed by atoms with Gasteiger partial charge in [0.05, 0.1) is 23.1 Å². The Bertz CT molecular complexity index is 1450. The standard InChI is InChI=1S/C32H36N4O2/c1-3-5-11-30-34-28-17-16-25(31-33-18-20-35(31)19-6-4-2)21-29(28)36(30)22-23-12-14-24(15-13-23)26-9-7-8-10-27(26)32(37)38/h7-10,12-17,21H,3-6,11,18-20,22H2,1-2H3,(H,37,38). The van der Waals surface area contributed by atoms with Crippen LogP contribution in [0.5, 0.6) is 0 Å². The lowest BCUT2D eigenvalue weighted by Gasteiger charge is -2.20. The van der Waals surface area contributed by atoms with Crippen molar-refractivity contribution in [3.8, 4) is 11.1 Å². The van der Waals surface area contributed by atoms with Gasteiger partial charge >= 0.3 is 5.97 Å². The van der Waals surface area contributed by atoms with E-state index in [4.69, 9.17) is 9.98 Å². The number of aromatic nitrogens is 2. The highest BCUT2D eigenvalue weighted by Crippen LogP contribution is 2.26. The minimum Gasteiger partial charge on any atom is -0.478 e. The fraction of sp³-hybridized carbons (Fsp3) is 0.344. The molecule has 0 saturated carbocycles. The molecule has 38 heavy (non-hydrogen) atoms. The molecule has 1 N–H and O–H groups in total. The van der Waals surface area contributed by atoms with Crippen LogP contribution in [0.4, 0.5) is 0 Å². The number of carboxylic acids is 1. The van der Waals surface area contributed by atoms with Crippen LogP contribution in [-0.2, 0) is 13.0 Å². The number of fused-ring (bicyclic) bond motifs is 1.